The van der Waals surface area contributed by atoms with E-state index in [-0.39, 0.29) is 18.1 Å². The van der Waals surface area contributed by atoms with E-state index in [4.69, 9.17) is 5.73 Å². The topological polar surface area (TPSA) is 75.3 Å². The Morgan fingerprint density at radius 1 is 1.25 bits per heavy atom. The molecule has 2 aromatic carbocycles. The summed E-state index contributed by atoms with van der Waals surface area (Å²) < 4.78 is 0. The quantitative estimate of drug-likeness (QED) is 0.751. The van der Waals surface area contributed by atoms with Gasteiger partial charge < -0.3 is 16.2 Å². The van der Waals surface area contributed by atoms with Crippen molar-refractivity contribution in [3.8, 4) is 5.75 Å². The molecule has 0 aliphatic carbocycles. The van der Waals surface area contributed by atoms with Gasteiger partial charge in [-0.25, -0.2) is 0 Å². The standard InChI is InChI=1S/C16H18N2O2/c1-10-6-7-14(17)16(11(10)2)18-15(20)9-12-4-3-5-13(19)8-12/h3-8,19H,9,17H2,1-2H3,(H,18,20). The van der Waals surface area contributed by atoms with Crippen LogP contribution in [0.4, 0.5) is 11.4 Å². The van der Waals surface area contributed by atoms with Crippen molar-refractivity contribution in [3.05, 3.63) is 53.1 Å². The van der Waals surface area contributed by atoms with Crippen LogP contribution in [0.5, 0.6) is 5.75 Å². The molecule has 0 saturated heterocycles. The molecule has 0 aliphatic heterocycles. The van der Waals surface area contributed by atoms with Gasteiger partial charge in [-0.3, -0.25) is 4.79 Å². The molecule has 2 rings (SSSR count). The Labute approximate surface area is 118 Å². The zero-order valence-corrected chi connectivity index (χ0v) is 11.6. The largest absolute Gasteiger partial charge is 0.508 e. The molecule has 0 saturated carbocycles. The van der Waals surface area contributed by atoms with Gasteiger partial charge in [0.1, 0.15) is 5.75 Å². The SMILES string of the molecule is Cc1ccc(N)c(NC(=O)Cc2cccc(O)c2)c1C. The number of nitrogens with two attached hydrogens (primary N) is 1. The van der Waals surface area contributed by atoms with Crippen molar-refractivity contribution in [2.24, 2.45) is 0 Å². The number of hydrogen-bond acceptors (Lipinski definition) is 3. The first-order valence-electron chi connectivity index (χ1n) is 6.41. The Balaban J connectivity index is 2.15. The highest BCUT2D eigenvalue weighted by molar-refractivity contribution is 5.96. The number of hydrogen-bond donors (Lipinski definition) is 3. The van der Waals surface area contributed by atoms with Crippen LogP contribution >= 0.6 is 0 Å². The van der Waals surface area contributed by atoms with Gasteiger partial charge >= 0.3 is 0 Å². The Kier molecular flexibility index (Phi) is 3.94. The van der Waals surface area contributed by atoms with Crippen molar-refractivity contribution in [1.82, 2.24) is 0 Å². The monoisotopic (exact) mass is 270 g/mol. The van der Waals surface area contributed by atoms with Crippen LogP contribution in [0.3, 0.4) is 0 Å². The van der Waals surface area contributed by atoms with Crippen molar-refractivity contribution >= 4 is 17.3 Å². The number of aromatic hydroxyl groups is 1. The van der Waals surface area contributed by atoms with Crippen LogP contribution in [0, 0.1) is 13.8 Å². The van der Waals surface area contributed by atoms with E-state index >= 15 is 0 Å². The van der Waals surface area contributed by atoms with Crippen LogP contribution in [0.1, 0.15) is 16.7 Å². The Morgan fingerprint density at radius 3 is 2.70 bits per heavy atom. The number of benzene rings is 2. The molecule has 4 N–H and O–H groups in total. The van der Waals surface area contributed by atoms with E-state index in [1.165, 1.54) is 0 Å². The first kappa shape index (κ1) is 13.9. The molecule has 0 atom stereocenters. The number of nitrogen functional groups attached to an aromatic ring is 1. The van der Waals surface area contributed by atoms with E-state index in [0.717, 1.165) is 16.7 Å². The summed E-state index contributed by atoms with van der Waals surface area (Å²) in [4.78, 5) is 12.1. The number of nitrogens with one attached hydrogen (secondary N) is 1. The third-order valence-corrected chi connectivity index (χ3v) is 3.31. The lowest BCUT2D eigenvalue weighted by atomic mass is 10.1. The molecule has 1 amide bonds. The smallest absolute Gasteiger partial charge is 0.228 e. The number of amides is 1. The van der Waals surface area contributed by atoms with E-state index in [1.807, 2.05) is 19.9 Å². The van der Waals surface area contributed by atoms with Gasteiger partial charge in [-0.2, -0.15) is 0 Å². The lowest BCUT2D eigenvalue weighted by molar-refractivity contribution is -0.115. The number of carbonyl (C=O) groups is 1. The van der Waals surface area contributed by atoms with E-state index in [2.05, 4.69) is 5.32 Å². The maximum absolute atomic E-state index is 12.1. The first-order valence-corrected chi connectivity index (χ1v) is 6.41. The fourth-order valence-electron chi connectivity index (χ4n) is 2.04. The molecule has 0 bridgehead atoms. The Hall–Kier alpha value is -2.49. The van der Waals surface area contributed by atoms with Crippen molar-refractivity contribution in [2.75, 3.05) is 11.1 Å². The fraction of sp³-hybridized carbons (Fsp3) is 0.188. The van der Waals surface area contributed by atoms with E-state index in [0.29, 0.717) is 11.4 Å². The fourth-order valence-corrected chi connectivity index (χ4v) is 2.04. The molecule has 0 radical (unpaired) electrons. The predicted molar refractivity (Wildman–Crippen MR) is 80.8 cm³/mol. The molecule has 4 heteroatoms. The molecule has 4 nitrogen and oxygen atoms in total. The van der Waals surface area contributed by atoms with Crippen molar-refractivity contribution < 1.29 is 9.90 Å². The van der Waals surface area contributed by atoms with Crippen molar-refractivity contribution in [1.29, 1.82) is 0 Å². The summed E-state index contributed by atoms with van der Waals surface area (Å²) in [7, 11) is 0. The third-order valence-electron chi connectivity index (χ3n) is 3.31. The lowest BCUT2D eigenvalue weighted by Gasteiger charge is -2.13. The second-order valence-corrected chi connectivity index (χ2v) is 4.87. The zero-order valence-electron chi connectivity index (χ0n) is 11.6. The molecular formula is C16H18N2O2. The minimum Gasteiger partial charge on any atom is -0.508 e. The normalized spacial score (nSPS) is 10.3. The summed E-state index contributed by atoms with van der Waals surface area (Å²) in [5.41, 5.74) is 9.92. The molecule has 0 heterocycles. The average molecular weight is 270 g/mol. The highest BCUT2D eigenvalue weighted by Crippen LogP contribution is 2.26. The second kappa shape index (κ2) is 5.65. The number of carbonyl (C=O) groups excluding carboxylic acids is 1. The maximum atomic E-state index is 12.1. The maximum Gasteiger partial charge on any atom is 0.228 e. The number of aryl methyl sites for hydroxylation is 1. The molecule has 2 aromatic rings. The highest BCUT2D eigenvalue weighted by atomic mass is 16.3. The van der Waals surface area contributed by atoms with Crippen LogP contribution in [-0.4, -0.2) is 11.0 Å². The summed E-state index contributed by atoms with van der Waals surface area (Å²) in [6.07, 6.45) is 0.196. The van der Waals surface area contributed by atoms with Crippen LogP contribution in [-0.2, 0) is 11.2 Å². The van der Waals surface area contributed by atoms with Gasteiger partial charge in [-0.1, -0.05) is 18.2 Å². The van der Waals surface area contributed by atoms with Crippen LogP contribution in [0.25, 0.3) is 0 Å². The van der Waals surface area contributed by atoms with Gasteiger partial charge in [0.25, 0.3) is 0 Å². The van der Waals surface area contributed by atoms with Crippen molar-refractivity contribution in [2.45, 2.75) is 20.3 Å². The van der Waals surface area contributed by atoms with Gasteiger partial charge in [0.05, 0.1) is 17.8 Å². The summed E-state index contributed by atoms with van der Waals surface area (Å²) in [6.45, 7) is 3.90. The number of anilines is 2. The lowest BCUT2D eigenvalue weighted by Crippen LogP contribution is -2.16. The van der Waals surface area contributed by atoms with E-state index in [1.54, 1.807) is 30.3 Å². The average Bonchev–Trinajstić information content (AvgIpc) is 2.39. The van der Waals surface area contributed by atoms with Gasteiger partial charge in [-0.05, 0) is 48.7 Å². The Morgan fingerprint density at radius 2 is 2.00 bits per heavy atom. The molecular weight excluding hydrogens is 252 g/mol. The van der Waals surface area contributed by atoms with E-state index in [9.17, 15) is 9.90 Å². The summed E-state index contributed by atoms with van der Waals surface area (Å²) in [6, 6.07) is 10.4. The number of phenolic OH excluding ortho intramolecular Hbond substituents is 1. The number of rotatable bonds is 3. The van der Waals surface area contributed by atoms with Crippen LogP contribution < -0.4 is 11.1 Å². The Bertz CT molecular complexity index is 651. The molecule has 0 unspecified atom stereocenters. The molecule has 0 aliphatic rings. The van der Waals surface area contributed by atoms with Gasteiger partial charge in [0.2, 0.25) is 5.91 Å². The zero-order chi connectivity index (χ0) is 14.7. The van der Waals surface area contributed by atoms with Crippen molar-refractivity contribution in [3.63, 3.8) is 0 Å². The second-order valence-electron chi connectivity index (χ2n) is 4.87. The molecule has 0 spiro atoms. The summed E-state index contributed by atoms with van der Waals surface area (Å²) in [5, 5.41) is 12.2. The van der Waals surface area contributed by atoms with Gasteiger partial charge in [0.15, 0.2) is 0 Å². The first-order chi connectivity index (χ1) is 9.47. The van der Waals surface area contributed by atoms with Gasteiger partial charge in [-0.15, -0.1) is 0 Å². The van der Waals surface area contributed by atoms with Crippen LogP contribution in [0.15, 0.2) is 36.4 Å². The van der Waals surface area contributed by atoms with Crippen LogP contribution in [0.2, 0.25) is 0 Å². The minimum absolute atomic E-state index is 0.154. The predicted octanol–water partition coefficient (Wildman–Crippen LogP) is 2.77. The highest BCUT2D eigenvalue weighted by Gasteiger charge is 2.10. The summed E-state index contributed by atoms with van der Waals surface area (Å²) >= 11 is 0. The number of phenols is 1. The summed E-state index contributed by atoms with van der Waals surface area (Å²) in [5.74, 6) is -0.00227. The molecule has 0 aromatic heterocycles. The molecule has 104 valence electrons. The third kappa shape index (κ3) is 3.09. The van der Waals surface area contributed by atoms with E-state index < -0.39 is 0 Å². The van der Waals surface area contributed by atoms with Gasteiger partial charge in [0, 0.05) is 0 Å². The molecule has 0 fully saturated rings. The molecule has 20 heavy (non-hydrogen) atoms. The minimum atomic E-state index is -0.156.